The molecule has 2 rings (SSSR count). The Bertz CT molecular complexity index is 498. The lowest BCUT2D eigenvalue weighted by molar-refractivity contribution is -0.119. The summed E-state index contributed by atoms with van der Waals surface area (Å²) in [5, 5.41) is 6.27. The average Bonchev–Trinajstić information content (AvgIpc) is 2.47. The Labute approximate surface area is 135 Å². The van der Waals surface area contributed by atoms with Gasteiger partial charge < -0.3 is 15.5 Å². The Balaban J connectivity index is 2.02. The predicted molar refractivity (Wildman–Crippen MR) is 90.7 cm³/mol. The number of nitrogens with one attached hydrogen (secondary N) is 2. The number of amides is 1. The second-order valence-corrected chi connectivity index (χ2v) is 6.54. The van der Waals surface area contributed by atoms with Crippen molar-refractivity contribution in [1.29, 1.82) is 0 Å². The molecule has 0 radical (unpaired) electrons. The molecule has 1 aliphatic heterocycles. The van der Waals surface area contributed by atoms with Crippen LogP contribution in [0.1, 0.15) is 38.3 Å². The van der Waals surface area contributed by atoms with Crippen LogP contribution in [0.4, 0.5) is 5.69 Å². The molecule has 0 saturated carbocycles. The van der Waals surface area contributed by atoms with Crippen molar-refractivity contribution in [1.82, 2.24) is 10.6 Å². The molecular weight excluding hydrogens is 330 g/mol. The van der Waals surface area contributed by atoms with Crippen molar-refractivity contribution in [3.05, 3.63) is 28.2 Å². The number of anilines is 1. The van der Waals surface area contributed by atoms with Crippen LogP contribution in [-0.2, 0) is 4.79 Å². The Hall–Kier alpha value is -1.07. The number of rotatable bonds is 4. The smallest absolute Gasteiger partial charge is 0.217 e. The van der Waals surface area contributed by atoms with Crippen LogP contribution in [0.2, 0.25) is 0 Å². The van der Waals surface area contributed by atoms with E-state index in [1.54, 1.807) is 6.92 Å². The molecule has 1 atom stereocenters. The van der Waals surface area contributed by atoms with Crippen LogP contribution in [0.5, 0.6) is 0 Å². The van der Waals surface area contributed by atoms with E-state index in [0.29, 0.717) is 12.1 Å². The van der Waals surface area contributed by atoms with Crippen molar-refractivity contribution in [2.75, 3.05) is 25.0 Å². The topological polar surface area (TPSA) is 44.4 Å². The minimum atomic E-state index is 0.0695. The summed E-state index contributed by atoms with van der Waals surface area (Å²) in [6, 6.07) is 7.23. The van der Waals surface area contributed by atoms with Gasteiger partial charge in [0.15, 0.2) is 0 Å². The molecule has 2 N–H and O–H groups in total. The molecule has 21 heavy (non-hydrogen) atoms. The number of halogens is 1. The van der Waals surface area contributed by atoms with Gasteiger partial charge in [-0.05, 0) is 60.4 Å². The summed E-state index contributed by atoms with van der Waals surface area (Å²) in [5.41, 5.74) is 2.52. The van der Waals surface area contributed by atoms with E-state index in [9.17, 15) is 4.79 Å². The van der Waals surface area contributed by atoms with E-state index in [1.807, 2.05) is 7.05 Å². The summed E-state index contributed by atoms with van der Waals surface area (Å²) in [5.74, 6) is 0.0695. The maximum absolute atomic E-state index is 11.1. The Morgan fingerprint density at radius 2 is 2.05 bits per heavy atom. The van der Waals surface area contributed by atoms with Crippen LogP contribution in [0, 0.1) is 0 Å². The zero-order valence-electron chi connectivity index (χ0n) is 12.9. The van der Waals surface area contributed by atoms with Crippen molar-refractivity contribution >= 4 is 27.5 Å². The Morgan fingerprint density at radius 3 is 2.57 bits per heavy atom. The highest BCUT2D eigenvalue weighted by Crippen LogP contribution is 2.31. The minimum absolute atomic E-state index is 0.0695. The lowest BCUT2D eigenvalue weighted by atomic mass is 10.0. The Morgan fingerprint density at radius 1 is 1.38 bits per heavy atom. The van der Waals surface area contributed by atoms with Crippen molar-refractivity contribution in [2.24, 2.45) is 0 Å². The number of carbonyl (C=O) groups is 1. The number of carbonyl (C=O) groups excluding carboxylic acids is 1. The minimum Gasteiger partial charge on any atom is -0.370 e. The zero-order chi connectivity index (χ0) is 15.4. The van der Waals surface area contributed by atoms with Crippen LogP contribution in [0.25, 0.3) is 0 Å². The van der Waals surface area contributed by atoms with Gasteiger partial charge in [0, 0.05) is 36.6 Å². The second-order valence-electron chi connectivity index (χ2n) is 5.68. The van der Waals surface area contributed by atoms with E-state index >= 15 is 0 Å². The average molecular weight is 354 g/mol. The second kappa shape index (κ2) is 7.27. The quantitative estimate of drug-likeness (QED) is 0.874. The van der Waals surface area contributed by atoms with Crippen LogP contribution < -0.4 is 15.5 Å². The normalized spacial score (nSPS) is 17.6. The van der Waals surface area contributed by atoms with Crippen LogP contribution >= 0.6 is 15.9 Å². The Kier molecular flexibility index (Phi) is 5.65. The third kappa shape index (κ3) is 4.20. The fourth-order valence-electron chi connectivity index (χ4n) is 2.77. The molecule has 1 amide bonds. The molecule has 0 aromatic heterocycles. The first-order chi connectivity index (χ1) is 10.0. The van der Waals surface area contributed by atoms with E-state index in [2.05, 4.69) is 56.6 Å². The number of hydrogen-bond donors (Lipinski definition) is 2. The van der Waals surface area contributed by atoms with Crippen LogP contribution in [0.15, 0.2) is 22.7 Å². The number of hydrogen-bond acceptors (Lipinski definition) is 3. The van der Waals surface area contributed by atoms with Gasteiger partial charge in [0.2, 0.25) is 5.91 Å². The summed E-state index contributed by atoms with van der Waals surface area (Å²) in [6.45, 7) is 5.69. The van der Waals surface area contributed by atoms with E-state index in [1.165, 1.54) is 11.3 Å². The van der Waals surface area contributed by atoms with Crippen LogP contribution in [0.3, 0.4) is 0 Å². The van der Waals surface area contributed by atoms with Crippen molar-refractivity contribution in [3.63, 3.8) is 0 Å². The lowest BCUT2D eigenvalue weighted by Gasteiger charge is -2.34. The van der Waals surface area contributed by atoms with Gasteiger partial charge in [0.1, 0.15) is 0 Å². The van der Waals surface area contributed by atoms with E-state index in [0.717, 1.165) is 30.4 Å². The molecule has 1 heterocycles. The molecule has 1 fully saturated rings. The summed E-state index contributed by atoms with van der Waals surface area (Å²) in [7, 11) is 1.97. The standard InChI is InChI=1S/C16H24BrN3O/c1-11(18-3)13-4-5-16(15(17)10-13)20-8-6-14(7-9-20)19-12(2)21/h4-5,10-11,14,18H,6-9H2,1-3H3,(H,19,21). The predicted octanol–water partition coefficient (Wildman–Crippen LogP) is 2.83. The molecule has 1 aromatic rings. The zero-order valence-corrected chi connectivity index (χ0v) is 14.5. The molecule has 1 aromatic carbocycles. The monoisotopic (exact) mass is 353 g/mol. The molecule has 1 aliphatic rings. The molecule has 4 nitrogen and oxygen atoms in total. The SMILES string of the molecule is CNC(C)c1ccc(N2CCC(NC(C)=O)CC2)c(Br)c1. The van der Waals surface area contributed by atoms with Gasteiger partial charge in [0.05, 0.1) is 5.69 Å². The number of piperidine rings is 1. The summed E-state index contributed by atoms with van der Waals surface area (Å²) >= 11 is 3.70. The molecule has 0 aliphatic carbocycles. The fraction of sp³-hybridized carbons (Fsp3) is 0.562. The first kappa shape index (κ1) is 16.3. The van der Waals surface area contributed by atoms with Crippen LogP contribution in [-0.4, -0.2) is 32.1 Å². The maximum atomic E-state index is 11.1. The molecule has 1 saturated heterocycles. The first-order valence-electron chi connectivity index (χ1n) is 7.50. The molecule has 1 unspecified atom stereocenters. The number of nitrogens with zero attached hydrogens (tertiary/aromatic N) is 1. The molecule has 0 bridgehead atoms. The lowest BCUT2D eigenvalue weighted by Crippen LogP contribution is -2.44. The molecular formula is C16H24BrN3O. The van der Waals surface area contributed by atoms with Gasteiger partial charge >= 0.3 is 0 Å². The maximum Gasteiger partial charge on any atom is 0.217 e. The van der Waals surface area contributed by atoms with Gasteiger partial charge in [-0.3, -0.25) is 4.79 Å². The van der Waals surface area contributed by atoms with E-state index in [-0.39, 0.29) is 5.91 Å². The molecule has 116 valence electrons. The van der Waals surface area contributed by atoms with Crippen molar-refractivity contribution < 1.29 is 4.79 Å². The van der Waals surface area contributed by atoms with E-state index in [4.69, 9.17) is 0 Å². The highest BCUT2D eigenvalue weighted by atomic mass is 79.9. The third-order valence-electron chi connectivity index (χ3n) is 4.15. The highest BCUT2D eigenvalue weighted by Gasteiger charge is 2.21. The molecule has 0 spiro atoms. The van der Waals surface area contributed by atoms with E-state index < -0.39 is 0 Å². The third-order valence-corrected chi connectivity index (χ3v) is 4.78. The number of benzene rings is 1. The fourth-order valence-corrected chi connectivity index (χ4v) is 3.42. The highest BCUT2D eigenvalue weighted by molar-refractivity contribution is 9.10. The summed E-state index contributed by atoms with van der Waals surface area (Å²) in [6.07, 6.45) is 2.00. The van der Waals surface area contributed by atoms with Gasteiger partial charge in [0.25, 0.3) is 0 Å². The summed E-state index contributed by atoms with van der Waals surface area (Å²) < 4.78 is 1.14. The van der Waals surface area contributed by atoms with Gasteiger partial charge in [-0.15, -0.1) is 0 Å². The van der Waals surface area contributed by atoms with Crippen molar-refractivity contribution in [2.45, 2.75) is 38.8 Å². The van der Waals surface area contributed by atoms with Gasteiger partial charge in [-0.1, -0.05) is 6.07 Å². The van der Waals surface area contributed by atoms with Crippen molar-refractivity contribution in [3.8, 4) is 0 Å². The van der Waals surface area contributed by atoms with Gasteiger partial charge in [-0.25, -0.2) is 0 Å². The first-order valence-corrected chi connectivity index (χ1v) is 8.29. The largest absolute Gasteiger partial charge is 0.370 e. The summed E-state index contributed by atoms with van der Waals surface area (Å²) in [4.78, 5) is 13.5. The van der Waals surface area contributed by atoms with Gasteiger partial charge in [-0.2, -0.15) is 0 Å². The molecule has 5 heteroatoms.